The van der Waals surface area contributed by atoms with E-state index in [9.17, 15) is 13.2 Å². The number of nitrogens with one attached hydrogen (secondary N) is 1. The van der Waals surface area contributed by atoms with Crippen molar-refractivity contribution in [2.24, 2.45) is 0 Å². The molecule has 0 aromatic heterocycles. The number of sulfone groups is 1. The Hall–Kier alpha value is -1.60. The molecule has 0 spiro atoms. The molecule has 1 saturated heterocycles. The molecule has 150 valence electrons. The molecule has 2 heterocycles. The smallest absolute Gasteiger partial charge is 0.255 e. The number of likely N-dealkylation sites (tertiary alicyclic amines) is 1. The topological polar surface area (TPSA) is 75.7 Å². The summed E-state index contributed by atoms with van der Waals surface area (Å²) in [6, 6.07) is 1.86. The van der Waals surface area contributed by atoms with Crippen molar-refractivity contribution in [3.63, 3.8) is 0 Å². The van der Waals surface area contributed by atoms with E-state index in [1.807, 2.05) is 6.92 Å². The van der Waals surface area contributed by atoms with E-state index < -0.39 is 9.84 Å². The summed E-state index contributed by atoms with van der Waals surface area (Å²) < 4.78 is 30.9. The normalized spacial score (nSPS) is 20.2. The Labute approximate surface area is 162 Å². The number of carbonyl (C=O) groups is 1. The fourth-order valence-corrected chi connectivity index (χ4v) is 5.37. The highest BCUT2D eigenvalue weighted by Gasteiger charge is 2.29. The third-order valence-electron chi connectivity index (χ3n) is 5.80. The lowest BCUT2D eigenvalue weighted by atomic mass is 9.97. The Balaban J connectivity index is 1.91. The van der Waals surface area contributed by atoms with Gasteiger partial charge in [0.1, 0.15) is 5.75 Å². The third kappa shape index (κ3) is 3.99. The predicted octanol–water partition coefficient (Wildman–Crippen LogP) is 2.33. The molecular formula is C20H30N2O4S. The number of ether oxygens (including phenoxy) is 1. The summed E-state index contributed by atoms with van der Waals surface area (Å²) in [5, 5.41) is 3.02. The molecule has 1 aromatic rings. The van der Waals surface area contributed by atoms with Crippen molar-refractivity contribution in [2.45, 2.75) is 57.4 Å². The standard InChI is InChI=1S/C20H30N2O4S/c1-4-22-10-6-8-15(22)13-21-20(23)17-12-18(27(24,25)5-2)14(3)16-9-7-11-26-19(16)17/h12,15H,4-11,13H2,1-3H3,(H,21,23). The number of hydrogen-bond donors (Lipinski definition) is 1. The van der Waals surface area contributed by atoms with Crippen LogP contribution in [0.3, 0.4) is 0 Å². The minimum atomic E-state index is -3.41. The average molecular weight is 395 g/mol. The van der Waals surface area contributed by atoms with Gasteiger partial charge < -0.3 is 10.1 Å². The molecule has 0 radical (unpaired) electrons. The summed E-state index contributed by atoms with van der Waals surface area (Å²) in [5.41, 5.74) is 1.93. The van der Waals surface area contributed by atoms with E-state index in [4.69, 9.17) is 4.74 Å². The van der Waals surface area contributed by atoms with Crippen molar-refractivity contribution >= 4 is 15.7 Å². The molecule has 1 unspecified atom stereocenters. The number of carbonyl (C=O) groups excluding carboxylic acids is 1. The highest BCUT2D eigenvalue weighted by molar-refractivity contribution is 7.91. The maximum atomic E-state index is 12.9. The van der Waals surface area contributed by atoms with Gasteiger partial charge in [0.25, 0.3) is 5.91 Å². The zero-order valence-electron chi connectivity index (χ0n) is 16.5. The molecule has 0 aliphatic carbocycles. The molecule has 3 rings (SSSR count). The zero-order valence-corrected chi connectivity index (χ0v) is 17.3. The van der Waals surface area contributed by atoms with E-state index in [0.29, 0.717) is 30.5 Å². The second-order valence-corrected chi connectivity index (χ2v) is 9.59. The van der Waals surface area contributed by atoms with Crippen LogP contribution in [0.4, 0.5) is 0 Å². The van der Waals surface area contributed by atoms with Crippen molar-refractivity contribution in [2.75, 3.05) is 32.0 Å². The average Bonchev–Trinajstić information content (AvgIpc) is 3.14. The first-order valence-corrected chi connectivity index (χ1v) is 11.6. The van der Waals surface area contributed by atoms with Gasteiger partial charge in [-0.2, -0.15) is 0 Å². The van der Waals surface area contributed by atoms with Crippen LogP contribution in [0.25, 0.3) is 0 Å². The SMILES string of the molecule is CCN1CCCC1CNC(=O)c1cc(S(=O)(=O)CC)c(C)c2c1OCCC2. The van der Waals surface area contributed by atoms with Crippen molar-refractivity contribution in [3.05, 3.63) is 22.8 Å². The van der Waals surface area contributed by atoms with Gasteiger partial charge in [-0.25, -0.2) is 8.42 Å². The summed E-state index contributed by atoms with van der Waals surface area (Å²) in [6.45, 7) is 8.75. The van der Waals surface area contributed by atoms with Crippen LogP contribution >= 0.6 is 0 Å². The third-order valence-corrected chi connectivity index (χ3v) is 7.65. The molecular weight excluding hydrogens is 364 g/mol. The molecule has 0 saturated carbocycles. The van der Waals surface area contributed by atoms with Crippen LogP contribution in [0.5, 0.6) is 5.75 Å². The first-order chi connectivity index (χ1) is 12.9. The Kier molecular flexibility index (Phi) is 6.11. The fourth-order valence-electron chi connectivity index (χ4n) is 4.17. The molecule has 1 aromatic carbocycles. The van der Waals surface area contributed by atoms with Gasteiger partial charge in [-0.05, 0) is 62.9 Å². The monoisotopic (exact) mass is 394 g/mol. The van der Waals surface area contributed by atoms with Gasteiger partial charge in [0, 0.05) is 12.6 Å². The van der Waals surface area contributed by atoms with E-state index in [1.54, 1.807) is 6.92 Å². The summed E-state index contributed by atoms with van der Waals surface area (Å²) in [4.78, 5) is 15.6. The number of fused-ring (bicyclic) bond motifs is 1. The molecule has 1 atom stereocenters. The highest BCUT2D eigenvalue weighted by Crippen LogP contribution is 2.36. The van der Waals surface area contributed by atoms with Crippen LogP contribution in [-0.2, 0) is 16.3 Å². The van der Waals surface area contributed by atoms with E-state index in [-0.39, 0.29) is 16.6 Å². The van der Waals surface area contributed by atoms with E-state index in [0.717, 1.165) is 49.9 Å². The minimum Gasteiger partial charge on any atom is -0.492 e. The maximum absolute atomic E-state index is 12.9. The summed E-state index contributed by atoms with van der Waals surface area (Å²) >= 11 is 0. The number of rotatable bonds is 6. The van der Waals surface area contributed by atoms with Crippen LogP contribution < -0.4 is 10.1 Å². The van der Waals surface area contributed by atoms with Crippen LogP contribution in [0.15, 0.2) is 11.0 Å². The van der Waals surface area contributed by atoms with Crippen molar-refractivity contribution in [3.8, 4) is 5.75 Å². The molecule has 1 N–H and O–H groups in total. The van der Waals surface area contributed by atoms with Gasteiger partial charge >= 0.3 is 0 Å². The van der Waals surface area contributed by atoms with Crippen LogP contribution in [0.2, 0.25) is 0 Å². The quantitative estimate of drug-likeness (QED) is 0.801. The molecule has 7 heteroatoms. The number of likely N-dealkylation sites (N-methyl/N-ethyl adjacent to an activating group) is 1. The first kappa shape index (κ1) is 20.1. The van der Waals surface area contributed by atoms with Crippen LogP contribution in [0.1, 0.15) is 54.6 Å². The van der Waals surface area contributed by atoms with Gasteiger partial charge in [-0.3, -0.25) is 9.69 Å². The number of amides is 1. The Morgan fingerprint density at radius 3 is 2.81 bits per heavy atom. The van der Waals surface area contributed by atoms with Gasteiger partial charge in [-0.1, -0.05) is 13.8 Å². The van der Waals surface area contributed by atoms with Gasteiger partial charge in [0.2, 0.25) is 0 Å². The Morgan fingerprint density at radius 1 is 1.33 bits per heavy atom. The molecule has 27 heavy (non-hydrogen) atoms. The lowest BCUT2D eigenvalue weighted by Crippen LogP contribution is -2.40. The van der Waals surface area contributed by atoms with Crippen molar-refractivity contribution in [1.82, 2.24) is 10.2 Å². The highest BCUT2D eigenvalue weighted by atomic mass is 32.2. The largest absolute Gasteiger partial charge is 0.492 e. The minimum absolute atomic E-state index is 0.0159. The van der Waals surface area contributed by atoms with Crippen LogP contribution in [-0.4, -0.2) is 57.3 Å². The van der Waals surface area contributed by atoms with Crippen LogP contribution in [0, 0.1) is 6.92 Å². The zero-order chi connectivity index (χ0) is 19.6. The van der Waals surface area contributed by atoms with Crippen molar-refractivity contribution < 1.29 is 17.9 Å². The molecule has 6 nitrogen and oxygen atoms in total. The predicted molar refractivity (Wildman–Crippen MR) is 105 cm³/mol. The van der Waals surface area contributed by atoms with Gasteiger partial charge in [0.05, 0.1) is 22.8 Å². The summed E-state index contributed by atoms with van der Waals surface area (Å²) in [6.07, 6.45) is 3.79. The molecule has 1 amide bonds. The summed E-state index contributed by atoms with van der Waals surface area (Å²) in [5.74, 6) is 0.330. The fraction of sp³-hybridized carbons (Fsp3) is 0.650. The number of benzene rings is 1. The van der Waals surface area contributed by atoms with E-state index in [2.05, 4.69) is 17.1 Å². The molecule has 0 bridgehead atoms. The second kappa shape index (κ2) is 8.19. The number of nitrogens with zero attached hydrogens (tertiary/aromatic N) is 1. The lowest BCUT2D eigenvalue weighted by Gasteiger charge is -2.25. The molecule has 1 fully saturated rings. The van der Waals surface area contributed by atoms with E-state index >= 15 is 0 Å². The first-order valence-electron chi connectivity index (χ1n) is 9.93. The van der Waals surface area contributed by atoms with Crippen molar-refractivity contribution in [1.29, 1.82) is 0 Å². The number of hydrogen-bond acceptors (Lipinski definition) is 5. The Bertz CT molecular complexity index is 820. The summed E-state index contributed by atoms with van der Waals surface area (Å²) in [7, 11) is -3.41. The molecule has 2 aliphatic rings. The van der Waals surface area contributed by atoms with Gasteiger partial charge in [-0.15, -0.1) is 0 Å². The maximum Gasteiger partial charge on any atom is 0.255 e. The lowest BCUT2D eigenvalue weighted by molar-refractivity contribution is 0.0936. The van der Waals surface area contributed by atoms with E-state index in [1.165, 1.54) is 6.07 Å². The van der Waals surface area contributed by atoms with Gasteiger partial charge in [0.15, 0.2) is 9.84 Å². The Morgan fingerprint density at radius 2 is 2.11 bits per heavy atom. The second-order valence-electron chi connectivity index (χ2n) is 7.35. The molecule has 2 aliphatic heterocycles.